The third kappa shape index (κ3) is 2.90. The lowest BCUT2D eigenvalue weighted by atomic mass is 9.73. The fraction of sp³-hybridized carbons (Fsp3) is 0.625. The lowest BCUT2D eigenvalue weighted by molar-refractivity contribution is 0.0561. The van der Waals surface area contributed by atoms with Gasteiger partial charge in [0.2, 0.25) is 0 Å². The molecule has 0 bridgehead atoms. The molecule has 0 aromatic heterocycles. The molecular formula is C16H24O. The Balaban J connectivity index is 2.07. The average Bonchev–Trinajstić information content (AvgIpc) is 2.32. The van der Waals surface area contributed by atoms with Gasteiger partial charge in [-0.1, -0.05) is 50.1 Å². The number of rotatable bonds is 2. The minimum atomic E-state index is -0.273. The zero-order valence-electron chi connectivity index (χ0n) is 11.2. The third-order valence-electron chi connectivity index (χ3n) is 4.47. The molecule has 4 atom stereocenters. The number of hydrogen-bond donors (Lipinski definition) is 1. The van der Waals surface area contributed by atoms with Crippen molar-refractivity contribution in [2.75, 3.05) is 0 Å². The summed E-state index contributed by atoms with van der Waals surface area (Å²) < 4.78 is 0. The van der Waals surface area contributed by atoms with Crippen molar-refractivity contribution in [1.29, 1.82) is 0 Å². The monoisotopic (exact) mass is 232 g/mol. The molecular weight excluding hydrogens is 208 g/mol. The van der Waals surface area contributed by atoms with Crippen LogP contribution in [0.2, 0.25) is 0 Å². The predicted molar refractivity (Wildman–Crippen MR) is 71.8 cm³/mol. The highest BCUT2D eigenvalue weighted by atomic mass is 16.3. The van der Waals surface area contributed by atoms with Crippen LogP contribution in [0.1, 0.15) is 50.3 Å². The summed E-state index contributed by atoms with van der Waals surface area (Å²) in [5, 5.41) is 10.5. The van der Waals surface area contributed by atoms with Crippen molar-refractivity contribution < 1.29 is 5.11 Å². The summed E-state index contributed by atoms with van der Waals surface area (Å²) in [6.07, 6.45) is 3.32. The lowest BCUT2D eigenvalue weighted by Gasteiger charge is -2.34. The van der Waals surface area contributed by atoms with E-state index in [0.29, 0.717) is 5.92 Å². The summed E-state index contributed by atoms with van der Waals surface area (Å²) in [6, 6.07) is 8.30. The maximum Gasteiger partial charge on any atom is 0.0818 e. The molecule has 1 aromatic carbocycles. The van der Waals surface area contributed by atoms with E-state index < -0.39 is 0 Å². The Hall–Kier alpha value is -0.820. The van der Waals surface area contributed by atoms with Crippen LogP contribution in [0, 0.1) is 24.7 Å². The smallest absolute Gasteiger partial charge is 0.0818 e. The van der Waals surface area contributed by atoms with E-state index in [0.717, 1.165) is 23.8 Å². The Kier molecular flexibility index (Phi) is 3.88. The van der Waals surface area contributed by atoms with E-state index in [1.807, 2.05) is 6.07 Å². The molecule has 1 aliphatic rings. The Morgan fingerprint density at radius 1 is 1.18 bits per heavy atom. The van der Waals surface area contributed by atoms with Crippen LogP contribution in [0.4, 0.5) is 0 Å². The molecule has 0 aliphatic heterocycles. The highest BCUT2D eigenvalue weighted by Crippen LogP contribution is 2.39. The van der Waals surface area contributed by atoms with Crippen molar-refractivity contribution in [3.8, 4) is 0 Å². The highest BCUT2D eigenvalue weighted by Gasteiger charge is 2.29. The summed E-state index contributed by atoms with van der Waals surface area (Å²) in [5.74, 6) is 2.01. The Labute approximate surface area is 105 Å². The Morgan fingerprint density at radius 3 is 2.59 bits per heavy atom. The summed E-state index contributed by atoms with van der Waals surface area (Å²) in [5.41, 5.74) is 2.33. The van der Waals surface area contributed by atoms with Gasteiger partial charge >= 0.3 is 0 Å². The molecule has 1 N–H and O–H groups in total. The van der Waals surface area contributed by atoms with Crippen molar-refractivity contribution in [3.05, 3.63) is 35.4 Å². The molecule has 1 aromatic rings. The average molecular weight is 232 g/mol. The molecule has 1 saturated carbocycles. The van der Waals surface area contributed by atoms with E-state index >= 15 is 0 Å². The van der Waals surface area contributed by atoms with Crippen LogP contribution in [-0.2, 0) is 0 Å². The predicted octanol–water partition coefficient (Wildman–Crippen LogP) is 4.10. The van der Waals surface area contributed by atoms with Crippen LogP contribution in [0.15, 0.2) is 24.3 Å². The Morgan fingerprint density at radius 2 is 1.94 bits per heavy atom. The minimum absolute atomic E-state index is 0.273. The first kappa shape index (κ1) is 12.6. The summed E-state index contributed by atoms with van der Waals surface area (Å²) in [4.78, 5) is 0. The molecule has 1 aliphatic carbocycles. The molecule has 0 saturated heterocycles. The molecule has 4 unspecified atom stereocenters. The van der Waals surface area contributed by atoms with E-state index in [2.05, 4.69) is 39.0 Å². The van der Waals surface area contributed by atoms with E-state index in [9.17, 15) is 5.11 Å². The van der Waals surface area contributed by atoms with Gasteiger partial charge in [-0.2, -0.15) is 0 Å². The molecule has 1 fully saturated rings. The van der Waals surface area contributed by atoms with Crippen molar-refractivity contribution in [3.63, 3.8) is 0 Å². The second-order valence-corrected chi connectivity index (χ2v) is 5.89. The molecule has 1 heteroatoms. The number of aliphatic hydroxyl groups excluding tert-OH is 1. The van der Waals surface area contributed by atoms with E-state index in [-0.39, 0.29) is 6.10 Å². The summed E-state index contributed by atoms with van der Waals surface area (Å²) in [6.45, 7) is 6.74. The largest absolute Gasteiger partial charge is 0.388 e. The van der Waals surface area contributed by atoms with E-state index in [4.69, 9.17) is 0 Å². The number of aryl methyl sites for hydroxylation is 1. The standard InChI is InChI=1S/C16H24O/c1-11-5-4-6-14(9-11)16(17)15-8-7-12(2)13(3)10-15/h4-6,9,12-13,15-17H,7-8,10H2,1-3H3. The topological polar surface area (TPSA) is 20.2 Å². The van der Waals surface area contributed by atoms with Gasteiger partial charge in [0.15, 0.2) is 0 Å². The van der Waals surface area contributed by atoms with E-state index in [1.165, 1.54) is 18.4 Å². The van der Waals surface area contributed by atoms with Gasteiger partial charge in [0.1, 0.15) is 0 Å². The number of hydrogen-bond acceptors (Lipinski definition) is 1. The quantitative estimate of drug-likeness (QED) is 0.814. The van der Waals surface area contributed by atoms with Crippen LogP contribution in [0.5, 0.6) is 0 Å². The highest BCUT2D eigenvalue weighted by molar-refractivity contribution is 5.24. The van der Waals surface area contributed by atoms with Gasteiger partial charge in [-0.3, -0.25) is 0 Å². The molecule has 1 nitrogen and oxygen atoms in total. The zero-order valence-corrected chi connectivity index (χ0v) is 11.2. The lowest BCUT2D eigenvalue weighted by Crippen LogP contribution is -2.25. The maximum absolute atomic E-state index is 10.5. The van der Waals surface area contributed by atoms with Gasteiger partial charge < -0.3 is 5.11 Å². The van der Waals surface area contributed by atoms with Gasteiger partial charge in [-0.25, -0.2) is 0 Å². The van der Waals surface area contributed by atoms with Crippen LogP contribution >= 0.6 is 0 Å². The summed E-state index contributed by atoms with van der Waals surface area (Å²) >= 11 is 0. The number of aliphatic hydroxyl groups is 1. The molecule has 17 heavy (non-hydrogen) atoms. The van der Waals surface area contributed by atoms with Gasteiger partial charge in [-0.15, -0.1) is 0 Å². The van der Waals surface area contributed by atoms with Crippen molar-refractivity contribution in [1.82, 2.24) is 0 Å². The van der Waals surface area contributed by atoms with Gasteiger partial charge in [0, 0.05) is 0 Å². The molecule has 2 rings (SSSR count). The van der Waals surface area contributed by atoms with Crippen LogP contribution in [-0.4, -0.2) is 5.11 Å². The summed E-state index contributed by atoms with van der Waals surface area (Å²) in [7, 11) is 0. The first-order valence-corrected chi connectivity index (χ1v) is 6.82. The third-order valence-corrected chi connectivity index (χ3v) is 4.47. The first-order chi connectivity index (χ1) is 8.08. The SMILES string of the molecule is Cc1cccc(C(O)C2CCC(C)C(C)C2)c1. The fourth-order valence-electron chi connectivity index (χ4n) is 3.00. The normalized spacial score (nSPS) is 31.2. The fourth-order valence-corrected chi connectivity index (χ4v) is 3.00. The van der Waals surface area contributed by atoms with Crippen molar-refractivity contribution >= 4 is 0 Å². The van der Waals surface area contributed by atoms with Crippen molar-refractivity contribution in [2.45, 2.75) is 46.1 Å². The molecule has 0 radical (unpaired) electrons. The Bertz CT molecular complexity index is 372. The number of benzene rings is 1. The van der Waals surface area contributed by atoms with Crippen LogP contribution in [0.25, 0.3) is 0 Å². The first-order valence-electron chi connectivity index (χ1n) is 6.82. The minimum Gasteiger partial charge on any atom is -0.388 e. The van der Waals surface area contributed by atoms with E-state index in [1.54, 1.807) is 0 Å². The van der Waals surface area contributed by atoms with Crippen LogP contribution < -0.4 is 0 Å². The van der Waals surface area contributed by atoms with Crippen molar-refractivity contribution in [2.24, 2.45) is 17.8 Å². The molecule has 0 amide bonds. The molecule has 0 spiro atoms. The maximum atomic E-state index is 10.5. The zero-order chi connectivity index (χ0) is 12.4. The van der Waals surface area contributed by atoms with Gasteiger partial charge in [0.05, 0.1) is 6.10 Å². The molecule has 94 valence electrons. The second-order valence-electron chi connectivity index (χ2n) is 5.89. The second kappa shape index (κ2) is 5.22. The van der Waals surface area contributed by atoms with Gasteiger partial charge in [0.25, 0.3) is 0 Å². The van der Waals surface area contributed by atoms with Gasteiger partial charge in [-0.05, 0) is 43.1 Å². The molecule has 0 heterocycles. The van der Waals surface area contributed by atoms with Crippen LogP contribution in [0.3, 0.4) is 0 Å².